The lowest BCUT2D eigenvalue weighted by molar-refractivity contribution is 0.652. The van der Waals surface area contributed by atoms with E-state index in [2.05, 4.69) is 16.6 Å². The first kappa shape index (κ1) is 8.15. The molecule has 3 heteroatoms. The largest absolute Gasteiger partial charge is 0.0995 e. The molecule has 0 spiro atoms. The van der Waals surface area contributed by atoms with Gasteiger partial charge in [-0.05, 0) is 24.8 Å². The SMILES string of the molecule is C=C1CCCCCC1N=[N+]=[N-]. The second-order valence-electron chi connectivity index (χ2n) is 2.98. The average Bonchev–Trinajstić information content (AvgIpc) is 2.18. The lowest BCUT2D eigenvalue weighted by Gasteiger charge is -2.07. The fourth-order valence-corrected chi connectivity index (χ4v) is 1.44. The maximum Gasteiger partial charge on any atom is 0.0582 e. The van der Waals surface area contributed by atoms with E-state index in [9.17, 15) is 0 Å². The summed E-state index contributed by atoms with van der Waals surface area (Å²) in [6.07, 6.45) is 5.64. The molecule has 0 amide bonds. The van der Waals surface area contributed by atoms with Gasteiger partial charge in [-0.15, -0.1) is 0 Å². The highest BCUT2D eigenvalue weighted by molar-refractivity contribution is 5.06. The zero-order valence-electron chi connectivity index (χ0n) is 6.66. The van der Waals surface area contributed by atoms with Gasteiger partial charge in [0.15, 0.2) is 0 Å². The van der Waals surface area contributed by atoms with Crippen LogP contribution >= 0.6 is 0 Å². The Balaban J connectivity index is 2.59. The molecule has 1 atom stereocenters. The minimum atomic E-state index is 0.0718. The van der Waals surface area contributed by atoms with Gasteiger partial charge < -0.3 is 0 Å². The van der Waals surface area contributed by atoms with Crippen molar-refractivity contribution in [3.05, 3.63) is 22.6 Å². The highest BCUT2D eigenvalue weighted by Crippen LogP contribution is 2.23. The molecule has 0 radical (unpaired) electrons. The van der Waals surface area contributed by atoms with Gasteiger partial charge in [-0.3, -0.25) is 0 Å². The van der Waals surface area contributed by atoms with Crippen molar-refractivity contribution < 1.29 is 0 Å². The first-order chi connectivity index (χ1) is 5.34. The van der Waals surface area contributed by atoms with Crippen LogP contribution in [0.25, 0.3) is 10.4 Å². The van der Waals surface area contributed by atoms with Crippen molar-refractivity contribution in [3.63, 3.8) is 0 Å². The van der Waals surface area contributed by atoms with Crippen LogP contribution in [0.1, 0.15) is 32.1 Å². The summed E-state index contributed by atoms with van der Waals surface area (Å²) in [6.45, 7) is 3.91. The Labute approximate surface area is 66.7 Å². The van der Waals surface area contributed by atoms with Crippen molar-refractivity contribution in [1.82, 2.24) is 0 Å². The van der Waals surface area contributed by atoms with E-state index < -0.39 is 0 Å². The van der Waals surface area contributed by atoms with Crippen LogP contribution in [-0.2, 0) is 0 Å². The Morgan fingerprint density at radius 1 is 1.45 bits per heavy atom. The van der Waals surface area contributed by atoms with Crippen LogP contribution in [-0.4, -0.2) is 6.04 Å². The van der Waals surface area contributed by atoms with Crippen LogP contribution in [0.3, 0.4) is 0 Å². The van der Waals surface area contributed by atoms with Gasteiger partial charge in [0.05, 0.1) is 6.04 Å². The molecule has 0 aromatic rings. The summed E-state index contributed by atoms with van der Waals surface area (Å²) < 4.78 is 0. The van der Waals surface area contributed by atoms with E-state index in [1.807, 2.05) is 0 Å². The van der Waals surface area contributed by atoms with Crippen molar-refractivity contribution in [3.8, 4) is 0 Å². The highest BCUT2D eigenvalue weighted by atomic mass is 15.1. The van der Waals surface area contributed by atoms with Crippen LogP contribution in [0.2, 0.25) is 0 Å². The first-order valence-electron chi connectivity index (χ1n) is 4.06. The van der Waals surface area contributed by atoms with Gasteiger partial charge in [-0.2, -0.15) is 0 Å². The van der Waals surface area contributed by atoms with E-state index in [0.29, 0.717) is 0 Å². The molecule has 1 aliphatic carbocycles. The molecule has 1 fully saturated rings. The monoisotopic (exact) mass is 151 g/mol. The number of azide groups is 1. The van der Waals surface area contributed by atoms with Crippen molar-refractivity contribution in [2.75, 3.05) is 0 Å². The second-order valence-corrected chi connectivity index (χ2v) is 2.98. The summed E-state index contributed by atoms with van der Waals surface area (Å²) in [5, 5.41) is 3.71. The van der Waals surface area contributed by atoms with Gasteiger partial charge in [0.2, 0.25) is 0 Å². The standard InChI is InChI=1S/C8H13N3/c1-7-5-3-2-4-6-8(7)10-11-9/h8H,1-6H2. The molecule has 1 aliphatic rings. The number of hydrogen-bond donors (Lipinski definition) is 0. The molecule has 1 unspecified atom stereocenters. The highest BCUT2D eigenvalue weighted by Gasteiger charge is 2.13. The van der Waals surface area contributed by atoms with Gasteiger partial charge in [-0.1, -0.05) is 30.1 Å². The molecule has 11 heavy (non-hydrogen) atoms. The summed E-state index contributed by atoms with van der Waals surface area (Å²) in [6, 6.07) is 0.0718. The number of hydrogen-bond acceptors (Lipinski definition) is 1. The van der Waals surface area contributed by atoms with Crippen molar-refractivity contribution in [2.24, 2.45) is 5.11 Å². The molecule has 0 aromatic carbocycles. The molecule has 0 aromatic heterocycles. The predicted octanol–water partition coefficient (Wildman–Crippen LogP) is 3.19. The summed E-state index contributed by atoms with van der Waals surface area (Å²) in [4.78, 5) is 2.82. The van der Waals surface area contributed by atoms with Crippen molar-refractivity contribution >= 4 is 0 Å². The molecule has 0 N–H and O–H groups in total. The summed E-state index contributed by atoms with van der Waals surface area (Å²) in [5.41, 5.74) is 9.36. The molecule has 1 rings (SSSR count). The zero-order valence-corrected chi connectivity index (χ0v) is 6.66. The van der Waals surface area contributed by atoms with Gasteiger partial charge in [-0.25, -0.2) is 0 Å². The van der Waals surface area contributed by atoms with E-state index in [0.717, 1.165) is 18.4 Å². The van der Waals surface area contributed by atoms with Crippen LogP contribution < -0.4 is 0 Å². The molecule has 60 valence electrons. The third-order valence-corrected chi connectivity index (χ3v) is 2.14. The summed E-state index contributed by atoms with van der Waals surface area (Å²) >= 11 is 0. The third kappa shape index (κ3) is 2.28. The van der Waals surface area contributed by atoms with E-state index in [1.165, 1.54) is 19.3 Å². The fraction of sp³-hybridized carbons (Fsp3) is 0.750. The average molecular weight is 151 g/mol. The summed E-state index contributed by atoms with van der Waals surface area (Å²) in [5.74, 6) is 0. The maximum absolute atomic E-state index is 8.25. The fourth-order valence-electron chi connectivity index (χ4n) is 1.44. The minimum Gasteiger partial charge on any atom is -0.0995 e. The lowest BCUT2D eigenvalue weighted by Crippen LogP contribution is -2.03. The predicted molar refractivity (Wildman–Crippen MR) is 45.2 cm³/mol. The Kier molecular flexibility index (Phi) is 2.99. The van der Waals surface area contributed by atoms with Crippen LogP contribution in [0.5, 0.6) is 0 Å². The molecule has 1 saturated carbocycles. The lowest BCUT2D eigenvalue weighted by atomic mass is 10.1. The Bertz CT molecular complexity index is 192. The Morgan fingerprint density at radius 2 is 2.27 bits per heavy atom. The quantitative estimate of drug-likeness (QED) is 0.182. The molecule has 0 bridgehead atoms. The maximum atomic E-state index is 8.25. The van der Waals surface area contributed by atoms with E-state index in [4.69, 9.17) is 5.53 Å². The number of nitrogens with zero attached hydrogens (tertiary/aromatic N) is 3. The van der Waals surface area contributed by atoms with Crippen molar-refractivity contribution in [2.45, 2.75) is 38.1 Å². The Hall–Kier alpha value is -0.950. The van der Waals surface area contributed by atoms with Gasteiger partial charge >= 0.3 is 0 Å². The Morgan fingerprint density at radius 3 is 3.00 bits per heavy atom. The first-order valence-corrected chi connectivity index (χ1v) is 4.06. The van der Waals surface area contributed by atoms with E-state index in [-0.39, 0.29) is 6.04 Å². The molecule has 0 saturated heterocycles. The molecular weight excluding hydrogens is 138 g/mol. The molecule has 0 aliphatic heterocycles. The van der Waals surface area contributed by atoms with E-state index in [1.54, 1.807) is 0 Å². The van der Waals surface area contributed by atoms with Crippen LogP contribution in [0.15, 0.2) is 17.3 Å². The molecule has 0 heterocycles. The smallest absolute Gasteiger partial charge is 0.0582 e. The van der Waals surface area contributed by atoms with Gasteiger partial charge in [0.25, 0.3) is 0 Å². The molecular formula is C8H13N3. The van der Waals surface area contributed by atoms with Crippen molar-refractivity contribution in [1.29, 1.82) is 0 Å². The normalized spacial score (nSPS) is 25.5. The molecule has 3 nitrogen and oxygen atoms in total. The third-order valence-electron chi connectivity index (χ3n) is 2.14. The summed E-state index contributed by atoms with van der Waals surface area (Å²) in [7, 11) is 0. The zero-order chi connectivity index (χ0) is 8.10. The van der Waals surface area contributed by atoms with Gasteiger partial charge in [0, 0.05) is 4.91 Å². The number of rotatable bonds is 1. The van der Waals surface area contributed by atoms with Crippen LogP contribution in [0.4, 0.5) is 0 Å². The van der Waals surface area contributed by atoms with E-state index >= 15 is 0 Å². The minimum absolute atomic E-state index is 0.0718. The van der Waals surface area contributed by atoms with Gasteiger partial charge in [0.1, 0.15) is 0 Å². The second kappa shape index (κ2) is 4.04. The van der Waals surface area contributed by atoms with Crippen LogP contribution in [0, 0.1) is 0 Å². The topological polar surface area (TPSA) is 48.8 Å².